The molecule has 1 N–H and O–H groups in total. The molecule has 4 nitrogen and oxygen atoms in total. The lowest BCUT2D eigenvalue weighted by atomic mass is 10.1. The van der Waals surface area contributed by atoms with Crippen molar-refractivity contribution in [2.24, 2.45) is 5.10 Å². The molecule has 0 unspecified atom stereocenters. The number of benzene rings is 2. The standard InChI is InChI=1S/C20H25N3O/c1-3-20(17-6-10-19(24)11-7-17)21-23-14-12-22(13-15-23)18-8-4-16(2)5-9-18/h4-11,24H,3,12-15H2,1-2H3. The third-order valence-corrected chi connectivity index (χ3v) is 4.45. The summed E-state index contributed by atoms with van der Waals surface area (Å²) in [6, 6.07) is 16.0. The minimum atomic E-state index is 0.293. The fourth-order valence-corrected chi connectivity index (χ4v) is 2.97. The van der Waals surface area contributed by atoms with E-state index in [1.54, 1.807) is 12.1 Å². The molecule has 0 aromatic heterocycles. The van der Waals surface area contributed by atoms with Crippen LogP contribution in [0.15, 0.2) is 53.6 Å². The molecule has 0 amide bonds. The zero-order valence-electron chi connectivity index (χ0n) is 14.4. The molecule has 1 aliphatic rings. The zero-order valence-corrected chi connectivity index (χ0v) is 14.4. The molecule has 0 spiro atoms. The van der Waals surface area contributed by atoms with Gasteiger partial charge in [0.25, 0.3) is 0 Å². The van der Waals surface area contributed by atoms with Crippen LogP contribution in [0.2, 0.25) is 0 Å². The molecule has 1 fully saturated rings. The van der Waals surface area contributed by atoms with Crippen LogP contribution in [-0.2, 0) is 0 Å². The topological polar surface area (TPSA) is 39.1 Å². The number of rotatable bonds is 4. The Morgan fingerprint density at radius 3 is 2.17 bits per heavy atom. The number of nitrogens with zero attached hydrogens (tertiary/aromatic N) is 3. The van der Waals surface area contributed by atoms with Gasteiger partial charge in [-0.25, -0.2) is 0 Å². The van der Waals surface area contributed by atoms with Crippen LogP contribution in [0.3, 0.4) is 0 Å². The van der Waals surface area contributed by atoms with Crippen LogP contribution in [0.25, 0.3) is 0 Å². The fourth-order valence-electron chi connectivity index (χ4n) is 2.97. The lowest BCUT2D eigenvalue weighted by Gasteiger charge is -2.35. The zero-order chi connectivity index (χ0) is 16.9. The van der Waals surface area contributed by atoms with E-state index in [-0.39, 0.29) is 0 Å². The van der Waals surface area contributed by atoms with Crippen molar-refractivity contribution in [3.05, 3.63) is 59.7 Å². The van der Waals surface area contributed by atoms with Gasteiger partial charge in [0.15, 0.2) is 0 Å². The molecule has 24 heavy (non-hydrogen) atoms. The number of aromatic hydroxyl groups is 1. The molecular weight excluding hydrogens is 298 g/mol. The summed E-state index contributed by atoms with van der Waals surface area (Å²) in [6.07, 6.45) is 0.878. The largest absolute Gasteiger partial charge is 0.508 e. The first-order valence-electron chi connectivity index (χ1n) is 8.59. The first kappa shape index (κ1) is 16.4. The molecule has 2 aromatic carbocycles. The van der Waals surface area contributed by atoms with E-state index >= 15 is 0 Å². The van der Waals surface area contributed by atoms with Crippen LogP contribution in [0, 0.1) is 6.92 Å². The van der Waals surface area contributed by atoms with E-state index in [9.17, 15) is 5.11 Å². The molecule has 2 aromatic rings. The second-order valence-electron chi connectivity index (χ2n) is 6.22. The van der Waals surface area contributed by atoms with Crippen molar-refractivity contribution in [2.75, 3.05) is 31.1 Å². The minimum absolute atomic E-state index is 0.293. The Balaban J connectivity index is 1.65. The van der Waals surface area contributed by atoms with Crippen LogP contribution < -0.4 is 4.90 Å². The maximum Gasteiger partial charge on any atom is 0.115 e. The number of hydrazone groups is 1. The number of hydrogen-bond donors (Lipinski definition) is 1. The van der Waals surface area contributed by atoms with Gasteiger partial charge in [-0.15, -0.1) is 0 Å². The molecule has 4 heteroatoms. The Hall–Kier alpha value is -2.49. The smallest absolute Gasteiger partial charge is 0.115 e. The average Bonchev–Trinajstić information content (AvgIpc) is 2.62. The highest BCUT2D eigenvalue weighted by Gasteiger charge is 2.16. The van der Waals surface area contributed by atoms with Crippen molar-refractivity contribution in [1.29, 1.82) is 0 Å². The third-order valence-electron chi connectivity index (χ3n) is 4.45. The van der Waals surface area contributed by atoms with E-state index in [2.05, 4.69) is 48.0 Å². The van der Waals surface area contributed by atoms with E-state index in [0.29, 0.717) is 5.75 Å². The van der Waals surface area contributed by atoms with Crippen LogP contribution in [0.4, 0.5) is 5.69 Å². The lowest BCUT2D eigenvalue weighted by Crippen LogP contribution is -2.44. The SMILES string of the molecule is CCC(=NN1CCN(c2ccc(C)cc2)CC1)c1ccc(O)cc1. The van der Waals surface area contributed by atoms with Gasteiger partial charge in [0.2, 0.25) is 0 Å². The summed E-state index contributed by atoms with van der Waals surface area (Å²) >= 11 is 0. The highest BCUT2D eigenvalue weighted by Crippen LogP contribution is 2.18. The van der Waals surface area contributed by atoms with Gasteiger partial charge in [0, 0.05) is 18.8 Å². The second-order valence-corrected chi connectivity index (χ2v) is 6.22. The molecule has 0 radical (unpaired) electrons. The number of hydrogen-bond acceptors (Lipinski definition) is 4. The summed E-state index contributed by atoms with van der Waals surface area (Å²) in [4.78, 5) is 2.41. The first-order chi connectivity index (χ1) is 11.7. The van der Waals surface area contributed by atoms with Gasteiger partial charge in [-0.1, -0.05) is 24.6 Å². The highest BCUT2D eigenvalue weighted by molar-refractivity contribution is 6.00. The Kier molecular flexibility index (Phi) is 5.04. The summed E-state index contributed by atoms with van der Waals surface area (Å²) in [5.74, 6) is 0.293. The van der Waals surface area contributed by atoms with Crippen LogP contribution in [0.5, 0.6) is 5.75 Å². The summed E-state index contributed by atoms with van der Waals surface area (Å²) in [6.45, 7) is 8.06. The molecule has 0 atom stereocenters. The van der Waals surface area contributed by atoms with Crippen molar-refractivity contribution in [1.82, 2.24) is 5.01 Å². The molecule has 1 saturated heterocycles. The first-order valence-corrected chi connectivity index (χ1v) is 8.59. The molecule has 1 heterocycles. The van der Waals surface area contributed by atoms with E-state index in [1.807, 2.05) is 12.1 Å². The maximum absolute atomic E-state index is 9.43. The summed E-state index contributed by atoms with van der Waals surface area (Å²) < 4.78 is 0. The quantitative estimate of drug-likeness (QED) is 0.873. The van der Waals surface area contributed by atoms with Crippen molar-refractivity contribution < 1.29 is 5.11 Å². The number of aryl methyl sites for hydroxylation is 1. The van der Waals surface area contributed by atoms with Crippen LogP contribution in [0.1, 0.15) is 24.5 Å². The van der Waals surface area contributed by atoms with Gasteiger partial charge in [0.1, 0.15) is 5.75 Å². The predicted molar refractivity (Wildman–Crippen MR) is 99.9 cm³/mol. The van der Waals surface area contributed by atoms with Crippen molar-refractivity contribution in [3.8, 4) is 5.75 Å². The maximum atomic E-state index is 9.43. The monoisotopic (exact) mass is 323 g/mol. The van der Waals surface area contributed by atoms with Gasteiger partial charge in [-0.3, -0.25) is 5.01 Å². The summed E-state index contributed by atoms with van der Waals surface area (Å²) in [7, 11) is 0. The van der Waals surface area contributed by atoms with E-state index in [0.717, 1.165) is 43.9 Å². The van der Waals surface area contributed by atoms with Crippen LogP contribution >= 0.6 is 0 Å². The van der Waals surface area contributed by atoms with Crippen LogP contribution in [-0.4, -0.2) is 42.0 Å². The Morgan fingerprint density at radius 2 is 1.58 bits per heavy atom. The van der Waals surface area contributed by atoms with Gasteiger partial charge < -0.3 is 10.0 Å². The highest BCUT2D eigenvalue weighted by atomic mass is 16.3. The number of phenols is 1. The van der Waals surface area contributed by atoms with E-state index in [1.165, 1.54) is 11.3 Å². The van der Waals surface area contributed by atoms with Gasteiger partial charge in [-0.05, 0) is 55.3 Å². The van der Waals surface area contributed by atoms with Crippen molar-refractivity contribution in [2.45, 2.75) is 20.3 Å². The Morgan fingerprint density at radius 1 is 0.958 bits per heavy atom. The fraction of sp³-hybridized carbons (Fsp3) is 0.350. The normalized spacial score (nSPS) is 15.7. The Bertz CT molecular complexity index is 684. The Labute approximate surface area is 144 Å². The molecule has 3 rings (SSSR count). The molecule has 0 saturated carbocycles. The molecule has 126 valence electrons. The predicted octanol–water partition coefficient (Wildman–Crippen LogP) is 3.64. The molecule has 0 aliphatic carbocycles. The second kappa shape index (κ2) is 7.39. The van der Waals surface area contributed by atoms with Gasteiger partial charge >= 0.3 is 0 Å². The third kappa shape index (κ3) is 3.88. The van der Waals surface area contributed by atoms with Gasteiger partial charge in [-0.2, -0.15) is 5.10 Å². The number of anilines is 1. The number of phenolic OH excluding ortho intramolecular Hbond substituents is 1. The van der Waals surface area contributed by atoms with E-state index in [4.69, 9.17) is 5.10 Å². The van der Waals surface area contributed by atoms with Crippen molar-refractivity contribution in [3.63, 3.8) is 0 Å². The average molecular weight is 323 g/mol. The summed E-state index contributed by atoms with van der Waals surface area (Å²) in [5.41, 5.74) is 4.73. The molecule has 1 aliphatic heterocycles. The minimum Gasteiger partial charge on any atom is -0.508 e. The molecule has 0 bridgehead atoms. The number of piperazine rings is 1. The van der Waals surface area contributed by atoms with Crippen molar-refractivity contribution >= 4 is 11.4 Å². The van der Waals surface area contributed by atoms with E-state index < -0.39 is 0 Å². The van der Waals surface area contributed by atoms with Gasteiger partial charge in [0.05, 0.1) is 18.8 Å². The summed E-state index contributed by atoms with van der Waals surface area (Å²) in [5, 5.41) is 16.4. The lowest BCUT2D eigenvalue weighted by molar-refractivity contribution is 0.270. The molecular formula is C20H25N3O.